The zero-order valence-electron chi connectivity index (χ0n) is 10.1. The Morgan fingerprint density at radius 3 is 2.28 bits per heavy atom. The van der Waals surface area contributed by atoms with Gasteiger partial charge in [-0.15, -0.1) is 0 Å². The maximum absolute atomic E-state index is 13.1. The van der Waals surface area contributed by atoms with Gasteiger partial charge in [-0.25, -0.2) is 8.78 Å². The van der Waals surface area contributed by atoms with Crippen LogP contribution in [0.25, 0.3) is 0 Å². The summed E-state index contributed by atoms with van der Waals surface area (Å²) in [5, 5.41) is 0. The SMILES string of the molecule is CN(Cc1ccncc1)Cc1ccc(F)c(F)c1. The zero-order valence-corrected chi connectivity index (χ0v) is 10.1. The molecule has 18 heavy (non-hydrogen) atoms. The molecule has 0 aliphatic carbocycles. The molecule has 0 N–H and O–H groups in total. The lowest BCUT2D eigenvalue weighted by atomic mass is 10.2. The number of pyridine rings is 1. The minimum Gasteiger partial charge on any atom is -0.298 e. The molecule has 0 aliphatic rings. The Labute approximate surface area is 105 Å². The molecule has 0 amide bonds. The Hall–Kier alpha value is -1.81. The van der Waals surface area contributed by atoms with Gasteiger partial charge in [-0.3, -0.25) is 9.88 Å². The van der Waals surface area contributed by atoms with Crippen molar-refractivity contribution in [2.45, 2.75) is 13.1 Å². The van der Waals surface area contributed by atoms with Crippen LogP contribution in [0.15, 0.2) is 42.7 Å². The summed E-state index contributed by atoms with van der Waals surface area (Å²) in [5.41, 5.74) is 1.89. The second kappa shape index (κ2) is 5.69. The van der Waals surface area contributed by atoms with E-state index in [1.165, 1.54) is 6.07 Å². The lowest BCUT2D eigenvalue weighted by Crippen LogP contribution is -2.17. The van der Waals surface area contributed by atoms with E-state index in [-0.39, 0.29) is 0 Å². The molecular formula is C14H14F2N2. The van der Waals surface area contributed by atoms with E-state index in [0.717, 1.165) is 23.7 Å². The number of nitrogens with zero attached hydrogens (tertiary/aromatic N) is 2. The van der Waals surface area contributed by atoms with Gasteiger partial charge in [0, 0.05) is 25.5 Å². The van der Waals surface area contributed by atoms with Crippen molar-refractivity contribution in [1.82, 2.24) is 9.88 Å². The van der Waals surface area contributed by atoms with Crippen molar-refractivity contribution in [3.8, 4) is 0 Å². The van der Waals surface area contributed by atoms with Crippen LogP contribution in [-0.2, 0) is 13.1 Å². The Balaban J connectivity index is 1.99. The van der Waals surface area contributed by atoms with Crippen LogP contribution in [0, 0.1) is 11.6 Å². The van der Waals surface area contributed by atoms with E-state index < -0.39 is 11.6 Å². The van der Waals surface area contributed by atoms with E-state index in [0.29, 0.717) is 6.54 Å². The molecule has 0 saturated carbocycles. The molecule has 0 bridgehead atoms. The van der Waals surface area contributed by atoms with Crippen molar-refractivity contribution in [2.75, 3.05) is 7.05 Å². The molecule has 4 heteroatoms. The first-order valence-corrected chi connectivity index (χ1v) is 5.66. The fraction of sp³-hybridized carbons (Fsp3) is 0.214. The van der Waals surface area contributed by atoms with Crippen molar-refractivity contribution in [2.24, 2.45) is 0 Å². The highest BCUT2D eigenvalue weighted by molar-refractivity contribution is 5.18. The maximum atomic E-state index is 13.1. The van der Waals surface area contributed by atoms with E-state index in [2.05, 4.69) is 4.98 Å². The number of benzene rings is 1. The first-order chi connectivity index (χ1) is 8.65. The van der Waals surface area contributed by atoms with Crippen LogP contribution in [0.2, 0.25) is 0 Å². The summed E-state index contributed by atoms with van der Waals surface area (Å²) < 4.78 is 25.8. The summed E-state index contributed by atoms with van der Waals surface area (Å²) >= 11 is 0. The molecule has 0 atom stereocenters. The van der Waals surface area contributed by atoms with E-state index in [1.54, 1.807) is 18.5 Å². The van der Waals surface area contributed by atoms with E-state index in [9.17, 15) is 8.78 Å². The van der Waals surface area contributed by atoms with Gasteiger partial charge in [0.1, 0.15) is 0 Å². The highest BCUT2D eigenvalue weighted by Gasteiger charge is 2.05. The van der Waals surface area contributed by atoms with Gasteiger partial charge in [0.2, 0.25) is 0 Å². The molecule has 0 spiro atoms. The molecule has 0 unspecified atom stereocenters. The van der Waals surface area contributed by atoms with Crippen LogP contribution in [0.4, 0.5) is 8.78 Å². The van der Waals surface area contributed by atoms with Crippen molar-refractivity contribution in [3.63, 3.8) is 0 Å². The molecule has 0 saturated heterocycles. The molecule has 1 aromatic carbocycles. The lowest BCUT2D eigenvalue weighted by Gasteiger charge is -2.16. The van der Waals surface area contributed by atoms with Crippen LogP contribution >= 0.6 is 0 Å². The quantitative estimate of drug-likeness (QED) is 0.827. The minimum absolute atomic E-state index is 0.569. The largest absolute Gasteiger partial charge is 0.298 e. The summed E-state index contributed by atoms with van der Waals surface area (Å²) in [7, 11) is 1.93. The maximum Gasteiger partial charge on any atom is 0.159 e. The standard InChI is InChI=1S/C14H14F2N2/c1-18(9-11-4-6-17-7-5-11)10-12-2-3-13(15)14(16)8-12/h2-8H,9-10H2,1H3. The topological polar surface area (TPSA) is 16.1 Å². The van der Waals surface area contributed by atoms with Gasteiger partial charge in [-0.05, 0) is 42.4 Å². The van der Waals surface area contributed by atoms with Gasteiger partial charge in [0.15, 0.2) is 11.6 Å². The molecule has 0 radical (unpaired) electrons. The third-order valence-corrected chi connectivity index (χ3v) is 2.64. The van der Waals surface area contributed by atoms with Gasteiger partial charge < -0.3 is 0 Å². The molecule has 94 valence electrons. The van der Waals surface area contributed by atoms with Crippen molar-refractivity contribution >= 4 is 0 Å². The monoisotopic (exact) mass is 248 g/mol. The molecule has 0 fully saturated rings. The average molecular weight is 248 g/mol. The highest BCUT2D eigenvalue weighted by atomic mass is 19.2. The average Bonchev–Trinajstić information content (AvgIpc) is 2.35. The fourth-order valence-electron chi connectivity index (χ4n) is 1.81. The molecule has 2 nitrogen and oxygen atoms in total. The van der Waals surface area contributed by atoms with Crippen LogP contribution in [0.5, 0.6) is 0 Å². The van der Waals surface area contributed by atoms with E-state index in [1.807, 2.05) is 24.1 Å². The molecule has 0 aliphatic heterocycles. The van der Waals surface area contributed by atoms with Gasteiger partial charge >= 0.3 is 0 Å². The number of hydrogen-bond donors (Lipinski definition) is 0. The Morgan fingerprint density at radius 2 is 1.61 bits per heavy atom. The van der Waals surface area contributed by atoms with Crippen molar-refractivity contribution < 1.29 is 8.78 Å². The minimum atomic E-state index is -0.810. The first-order valence-electron chi connectivity index (χ1n) is 5.66. The lowest BCUT2D eigenvalue weighted by molar-refractivity contribution is 0.318. The van der Waals surface area contributed by atoms with Crippen LogP contribution in [-0.4, -0.2) is 16.9 Å². The summed E-state index contributed by atoms with van der Waals surface area (Å²) in [5.74, 6) is -1.61. The molecule has 2 rings (SSSR count). The molecule has 2 aromatic rings. The second-order valence-electron chi connectivity index (χ2n) is 4.28. The normalized spacial score (nSPS) is 10.9. The number of rotatable bonds is 4. The van der Waals surface area contributed by atoms with Gasteiger partial charge in [-0.1, -0.05) is 6.07 Å². The molecule has 1 heterocycles. The summed E-state index contributed by atoms with van der Waals surface area (Å²) in [4.78, 5) is 5.98. The van der Waals surface area contributed by atoms with Gasteiger partial charge in [0.05, 0.1) is 0 Å². The van der Waals surface area contributed by atoms with Gasteiger partial charge in [0.25, 0.3) is 0 Å². The fourth-order valence-corrected chi connectivity index (χ4v) is 1.81. The second-order valence-corrected chi connectivity index (χ2v) is 4.28. The predicted octanol–water partition coefficient (Wildman–Crippen LogP) is 2.99. The summed E-state index contributed by atoms with van der Waals surface area (Å²) in [6.07, 6.45) is 3.47. The van der Waals surface area contributed by atoms with Crippen LogP contribution in [0.1, 0.15) is 11.1 Å². The van der Waals surface area contributed by atoms with Crippen LogP contribution < -0.4 is 0 Å². The zero-order chi connectivity index (χ0) is 13.0. The first kappa shape index (κ1) is 12.6. The summed E-state index contributed by atoms with van der Waals surface area (Å²) in [6, 6.07) is 7.86. The van der Waals surface area contributed by atoms with E-state index in [4.69, 9.17) is 0 Å². The highest BCUT2D eigenvalue weighted by Crippen LogP contribution is 2.11. The van der Waals surface area contributed by atoms with E-state index >= 15 is 0 Å². The number of halogens is 2. The number of hydrogen-bond acceptors (Lipinski definition) is 2. The Kier molecular flexibility index (Phi) is 3.99. The third-order valence-electron chi connectivity index (χ3n) is 2.64. The van der Waals surface area contributed by atoms with Crippen molar-refractivity contribution in [1.29, 1.82) is 0 Å². The third kappa shape index (κ3) is 3.34. The predicted molar refractivity (Wildman–Crippen MR) is 65.8 cm³/mol. The molecular weight excluding hydrogens is 234 g/mol. The van der Waals surface area contributed by atoms with Gasteiger partial charge in [-0.2, -0.15) is 0 Å². The Bertz CT molecular complexity index is 514. The number of aromatic nitrogens is 1. The van der Waals surface area contributed by atoms with Crippen molar-refractivity contribution in [3.05, 3.63) is 65.5 Å². The molecule has 1 aromatic heterocycles. The Morgan fingerprint density at radius 1 is 0.944 bits per heavy atom. The summed E-state index contributed by atoms with van der Waals surface area (Å²) in [6.45, 7) is 1.31. The smallest absolute Gasteiger partial charge is 0.159 e. The van der Waals surface area contributed by atoms with Crippen LogP contribution in [0.3, 0.4) is 0 Å².